The van der Waals surface area contributed by atoms with Crippen molar-refractivity contribution in [3.8, 4) is 17.6 Å². The fourth-order valence-electron chi connectivity index (χ4n) is 2.46. The Morgan fingerprint density at radius 2 is 2.00 bits per heavy atom. The van der Waals surface area contributed by atoms with Gasteiger partial charge in [-0.1, -0.05) is 12.7 Å². The largest absolute Gasteiger partial charge is 0.493 e. The maximum absolute atomic E-state index is 12.5. The molecule has 0 radical (unpaired) electrons. The number of hydrogen-bond donors (Lipinski definition) is 1. The van der Waals surface area contributed by atoms with Crippen molar-refractivity contribution in [3.63, 3.8) is 0 Å². The lowest BCUT2D eigenvalue weighted by Gasteiger charge is -2.13. The molecule has 0 saturated carbocycles. The first-order valence-corrected chi connectivity index (χ1v) is 9.50. The van der Waals surface area contributed by atoms with Crippen LogP contribution in [0, 0.1) is 11.3 Å². The Morgan fingerprint density at radius 1 is 1.31 bits per heavy atom. The van der Waals surface area contributed by atoms with E-state index in [1.165, 1.54) is 13.2 Å². The maximum Gasteiger partial charge on any atom is 0.266 e. The Morgan fingerprint density at radius 3 is 2.55 bits per heavy atom. The van der Waals surface area contributed by atoms with E-state index in [-0.39, 0.29) is 5.57 Å². The molecule has 7 heteroatoms. The minimum atomic E-state index is -0.493. The molecule has 29 heavy (non-hydrogen) atoms. The smallest absolute Gasteiger partial charge is 0.266 e. The van der Waals surface area contributed by atoms with Crippen LogP contribution in [-0.4, -0.2) is 33.7 Å². The van der Waals surface area contributed by atoms with Crippen LogP contribution in [0.3, 0.4) is 0 Å². The molecule has 0 aliphatic heterocycles. The van der Waals surface area contributed by atoms with Crippen LogP contribution < -0.4 is 19.7 Å². The molecule has 1 N–H and O–H groups in total. The minimum absolute atomic E-state index is 0.0320. The van der Waals surface area contributed by atoms with Gasteiger partial charge < -0.3 is 19.7 Å². The van der Waals surface area contributed by atoms with E-state index in [0.717, 1.165) is 5.69 Å². The number of carbonyl (C=O) groups is 1. The van der Waals surface area contributed by atoms with Crippen LogP contribution in [0.25, 0.3) is 6.08 Å². The number of nitrogens with zero attached hydrogens (tertiary/aromatic N) is 2. The normalized spacial score (nSPS) is 10.7. The number of ether oxygens (including phenoxy) is 2. The molecule has 0 heterocycles. The van der Waals surface area contributed by atoms with E-state index in [9.17, 15) is 10.1 Å². The van der Waals surface area contributed by atoms with Crippen LogP contribution in [0.2, 0.25) is 0 Å². The number of anilines is 2. The summed E-state index contributed by atoms with van der Waals surface area (Å²) in [6.45, 7) is 3.94. The van der Waals surface area contributed by atoms with Crippen molar-refractivity contribution in [3.05, 3.63) is 64.7 Å². The maximum atomic E-state index is 12.5. The molecule has 0 atom stereocenters. The van der Waals surface area contributed by atoms with E-state index >= 15 is 0 Å². The lowest BCUT2D eigenvalue weighted by atomic mass is 10.1. The number of hydrogen-bond acceptors (Lipinski definition) is 5. The lowest BCUT2D eigenvalue weighted by molar-refractivity contribution is -0.112. The summed E-state index contributed by atoms with van der Waals surface area (Å²) in [5.41, 5.74) is 2.20. The van der Waals surface area contributed by atoms with E-state index < -0.39 is 5.91 Å². The first-order chi connectivity index (χ1) is 13.9. The van der Waals surface area contributed by atoms with E-state index in [1.807, 2.05) is 37.2 Å². The van der Waals surface area contributed by atoms with E-state index in [0.29, 0.717) is 33.8 Å². The minimum Gasteiger partial charge on any atom is -0.493 e. The average Bonchev–Trinajstić information content (AvgIpc) is 2.71. The summed E-state index contributed by atoms with van der Waals surface area (Å²) >= 11 is 3.43. The van der Waals surface area contributed by atoms with Gasteiger partial charge >= 0.3 is 0 Å². The van der Waals surface area contributed by atoms with Crippen molar-refractivity contribution < 1.29 is 14.3 Å². The van der Waals surface area contributed by atoms with Gasteiger partial charge in [0.1, 0.15) is 18.2 Å². The molecule has 0 spiro atoms. The van der Waals surface area contributed by atoms with Gasteiger partial charge in [-0.3, -0.25) is 4.79 Å². The topological polar surface area (TPSA) is 74.6 Å². The first kappa shape index (κ1) is 22.1. The predicted octanol–water partition coefficient (Wildman–Crippen LogP) is 4.63. The van der Waals surface area contributed by atoms with Crippen LogP contribution in [0.4, 0.5) is 11.4 Å². The zero-order chi connectivity index (χ0) is 21.4. The second-order valence-electron chi connectivity index (χ2n) is 6.20. The molecule has 0 fully saturated rings. The van der Waals surface area contributed by atoms with Crippen molar-refractivity contribution in [2.45, 2.75) is 0 Å². The van der Waals surface area contributed by atoms with Crippen molar-refractivity contribution in [2.75, 3.05) is 38.0 Å². The molecule has 2 rings (SSSR count). The van der Waals surface area contributed by atoms with Gasteiger partial charge in [-0.25, -0.2) is 0 Å². The number of carbonyl (C=O) groups excluding carboxylic acids is 1. The number of nitriles is 1. The molecule has 0 aliphatic rings. The zero-order valence-electron chi connectivity index (χ0n) is 16.5. The predicted molar refractivity (Wildman–Crippen MR) is 119 cm³/mol. The number of rotatable bonds is 8. The molecule has 150 valence electrons. The number of halogens is 1. The third-order valence-corrected chi connectivity index (χ3v) is 4.50. The molecular weight excluding hydrogens is 434 g/mol. The first-order valence-electron chi connectivity index (χ1n) is 8.71. The highest BCUT2D eigenvalue weighted by Gasteiger charge is 2.14. The zero-order valence-corrected chi connectivity index (χ0v) is 18.1. The number of amides is 1. The van der Waals surface area contributed by atoms with Crippen molar-refractivity contribution in [2.24, 2.45) is 0 Å². The summed E-state index contributed by atoms with van der Waals surface area (Å²) in [6.07, 6.45) is 3.12. The Bertz CT molecular complexity index is 961. The molecule has 2 aromatic rings. The van der Waals surface area contributed by atoms with Gasteiger partial charge in [0.2, 0.25) is 0 Å². The quantitative estimate of drug-likeness (QED) is 0.356. The summed E-state index contributed by atoms with van der Waals surface area (Å²) in [7, 11) is 5.39. The van der Waals surface area contributed by atoms with Crippen molar-refractivity contribution in [1.82, 2.24) is 0 Å². The molecule has 0 aliphatic carbocycles. The van der Waals surface area contributed by atoms with Gasteiger partial charge in [-0.05, 0) is 64.0 Å². The van der Waals surface area contributed by atoms with Gasteiger partial charge in [0, 0.05) is 25.5 Å². The molecule has 0 aromatic heterocycles. The van der Waals surface area contributed by atoms with Gasteiger partial charge in [0.25, 0.3) is 5.91 Å². The van der Waals surface area contributed by atoms with Crippen LogP contribution >= 0.6 is 15.9 Å². The Kier molecular flexibility index (Phi) is 7.87. The molecular formula is C22H22BrN3O3. The van der Waals surface area contributed by atoms with Gasteiger partial charge in [0.05, 0.1) is 11.6 Å². The van der Waals surface area contributed by atoms with Gasteiger partial charge in [-0.2, -0.15) is 5.26 Å². The third-order valence-electron chi connectivity index (χ3n) is 3.91. The van der Waals surface area contributed by atoms with Crippen LogP contribution in [0.1, 0.15) is 5.56 Å². The molecule has 0 bridgehead atoms. The average molecular weight is 456 g/mol. The Hall–Kier alpha value is -3.24. The number of nitrogens with one attached hydrogen (secondary N) is 1. The summed E-state index contributed by atoms with van der Waals surface area (Å²) < 4.78 is 11.6. The molecule has 0 saturated heterocycles. The van der Waals surface area contributed by atoms with Crippen LogP contribution in [-0.2, 0) is 4.79 Å². The van der Waals surface area contributed by atoms with Crippen molar-refractivity contribution in [1.29, 1.82) is 5.26 Å². The molecule has 6 nitrogen and oxygen atoms in total. The molecule has 2 aromatic carbocycles. The number of methoxy groups -OCH3 is 1. The fourth-order valence-corrected chi connectivity index (χ4v) is 3.04. The highest BCUT2D eigenvalue weighted by Crippen LogP contribution is 2.37. The molecule has 1 amide bonds. The Balaban J connectivity index is 2.26. The van der Waals surface area contributed by atoms with Crippen molar-refractivity contribution >= 4 is 39.3 Å². The van der Waals surface area contributed by atoms with Gasteiger partial charge in [0.15, 0.2) is 11.5 Å². The lowest BCUT2D eigenvalue weighted by Crippen LogP contribution is -2.14. The second-order valence-corrected chi connectivity index (χ2v) is 7.05. The van der Waals surface area contributed by atoms with E-state index in [4.69, 9.17) is 9.47 Å². The van der Waals surface area contributed by atoms with E-state index in [2.05, 4.69) is 27.8 Å². The summed E-state index contributed by atoms with van der Waals surface area (Å²) in [6, 6.07) is 12.7. The summed E-state index contributed by atoms with van der Waals surface area (Å²) in [4.78, 5) is 14.5. The van der Waals surface area contributed by atoms with Crippen LogP contribution in [0.15, 0.2) is 59.1 Å². The standard InChI is InChI=1S/C22H22BrN3O3/c1-5-10-29-21-19(23)12-15(13-20(21)28-4)11-16(14-24)22(27)25-17-6-8-18(9-7-17)26(2)3/h5-9,11-13H,1,10H2,2-4H3,(H,25,27)/b16-11-. The summed E-state index contributed by atoms with van der Waals surface area (Å²) in [5, 5.41) is 12.2. The third kappa shape index (κ3) is 5.87. The fraction of sp³-hybridized carbons (Fsp3) is 0.182. The number of benzene rings is 2. The SMILES string of the molecule is C=CCOc1c(Br)cc(/C=C(/C#N)C(=O)Nc2ccc(N(C)C)cc2)cc1OC. The Labute approximate surface area is 179 Å². The highest BCUT2D eigenvalue weighted by atomic mass is 79.9. The van der Waals surface area contributed by atoms with Gasteiger partial charge in [-0.15, -0.1) is 0 Å². The summed E-state index contributed by atoms with van der Waals surface area (Å²) in [5.74, 6) is 0.505. The highest BCUT2D eigenvalue weighted by molar-refractivity contribution is 9.10. The van der Waals surface area contributed by atoms with E-state index in [1.54, 1.807) is 30.3 Å². The molecule has 0 unspecified atom stereocenters. The monoisotopic (exact) mass is 455 g/mol. The van der Waals surface area contributed by atoms with Crippen LogP contribution in [0.5, 0.6) is 11.5 Å². The second kappa shape index (κ2) is 10.3.